The van der Waals surface area contributed by atoms with Crippen LogP contribution in [0.5, 0.6) is 0 Å². The second-order valence-electron chi connectivity index (χ2n) is 7.78. The van der Waals surface area contributed by atoms with Gasteiger partial charge in [0.05, 0.1) is 12.5 Å². The van der Waals surface area contributed by atoms with E-state index < -0.39 is 0 Å². The third kappa shape index (κ3) is 7.35. The van der Waals surface area contributed by atoms with Crippen LogP contribution in [-0.4, -0.2) is 41.9 Å². The average Bonchev–Trinajstić information content (AvgIpc) is 2.71. The molecule has 0 saturated carbocycles. The molecule has 0 spiro atoms. The van der Waals surface area contributed by atoms with E-state index in [1.165, 1.54) is 0 Å². The van der Waals surface area contributed by atoms with Gasteiger partial charge < -0.3 is 10.6 Å². The van der Waals surface area contributed by atoms with Crippen LogP contribution in [0.2, 0.25) is 0 Å². The van der Waals surface area contributed by atoms with Crippen LogP contribution in [0.4, 0.5) is 0 Å². The summed E-state index contributed by atoms with van der Waals surface area (Å²) < 4.78 is 0. The van der Waals surface area contributed by atoms with E-state index in [2.05, 4.69) is 43.2 Å². The molecule has 2 N–H and O–H groups in total. The van der Waals surface area contributed by atoms with Crippen LogP contribution in [-0.2, 0) is 4.79 Å². The van der Waals surface area contributed by atoms with Gasteiger partial charge in [0, 0.05) is 30.7 Å². The molecule has 0 radical (unpaired) electrons. The molecule has 0 bridgehead atoms. The molecule has 2 amide bonds. The monoisotopic (exact) mass is 395 g/mol. The van der Waals surface area contributed by atoms with E-state index in [-0.39, 0.29) is 24.3 Å². The lowest BCUT2D eigenvalue weighted by Gasteiger charge is -2.30. The molecule has 0 aliphatic rings. The molecule has 0 fully saturated rings. The van der Waals surface area contributed by atoms with E-state index in [1.54, 1.807) is 12.1 Å². The zero-order valence-corrected chi connectivity index (χ0v) is 17.9. The van der Waals surface area contributed by atoms with Crippen molar-refractivity contribution in [1.82, 2.24) is 15.5 Å². The number of carbonyl (C=O) groups is 2. The highest BCUT2D eigenvalue weighted by Crippen LogP contribution is 2.17. The third-order valence-corrected chi connectivity index (χ3v) is 4.95. The molecule has 2 rings (SSSR count). The molecule has 0 heterocycles. The summed E-state index contributed by atoms with van der Waals surface area (Å²) in [6.45, 7) is 10.0. The first-order valence-electron chi connectivity index (χ1n) is 10.3. The van der Waals surface area contributed by atoms with Crippen molar-refractivity contribution in [3.8, 4) is 0 Å². The van der Waals surface area contributed by atoms with Crippen molar-refractivity contribution >= 4 is 11.8 Å². The maximum absolute atomic E-state index is 12.6. The lowest BCUT2D eigenvalue weighted by atomic mass is 10.0. The van der Waals surface area contributed by atoms with Crippen molar-refractivity contribution in [2.45, 2.75) is 52.2 Å². The summed E-state index contributed by atoms with van der Waals surface area (Å²) in [6.07, 6.45) is 0.200. The number of amides is 2. The Morgan fingerprint density at radius 2 is 1.41 bits per heavy atom. The Morgan fingerprint density at radius 1 is 0.862 bits per heavy atom. The molecule has 1 unspecified atom stereocenters. The number of benzene rings is 2. The second-order valence-corrected chi connectivity index (χ2v) is 7.78. The quantitative estimate of drug-likeness (QED) is 0.644. The van der Waals surface area contributed by atoms with E-state index in [4.69, 9.17) is 0 Å². The minimum Gasteiger partial charge on any atom is -0.355 e. The summed E-state index contributed by atoms with van der Waals surface area (Å²) in [5.74, 6) is -0.252. The first kappa shape index (κ1) is 22.6. The van der Waals surface area contributed by atoms with Crippen molar-refractivity contribution in [2.24, 2.45) is 0 Å². The Balaban J connectivity index is 1.99. The van der Waals surface area contributed by atoms with Gasteiger partial charge in [0.2, 0.25) is 5.91 Å². The van der Waals surface area contributed by atoms with E-state index in [9.17, 15) is 9.59 Å². The van der Waals surface area contributed by atoms with Crippen LogP contribution >= 0.6 is 0 Å². The standard InChI is InChI=1S/C24H33N3O2/c1-18(2)27(19(3)4)16-15-25-23(28)17-22(20-11-7-5-8-12-20)26-24(29)21-13-9-6-10-14-21/h5-14,18-19,22H,15-17H2,1-4H3,(H,25,28)(H,26,29). The van der Waals surface area contributed by atoms with Crippen LogP contribution in [0, 0.1) is 0 Å². The van der Waals surface area contributed by atoms with Gasteiger partial charge in [-0.15, -0.1) is 0 Å². The summed E-state index contributed by atoms with van der Waals surface area (Å²) in [7, 11) is 0. The lowest BCUT2D eigenvalue weighted by molar-refractivity contribution is -0.121. The molecule has 5 nitrogen and oxygen atoms in total. The van der Waals surface area contributed by atoms with Crippen molar-refractivity contribution in [3.63, 3.8) is 0 Å². The Hall–Kier alpha value is -2.66. The Labute approximate surface area is 174 Å². The molecule has 0 aliphatic carbocycles. The summed E-state index contributed by atoms with van der Waals surface area (Å²) in [5.41, 5.74) is 1.50. The van der Waals surface area contributed by atoms with E-state index in [0.717, 1.165) is 12.1 Å². The van der Waals surface area contributed by atoms with E-state index in [0.29, 0.717) is 24.2 Å². The Morgan fingerprint density at radius 3 is 1.97 bits per heavy atom. The van der Waals surface area contributed by atoms with Crippen molar-refractivity contribution in [3.05, 3.63) is 71.8 Å². The minimum absolute atomic E-state index is 0.0697. The molecule has 2 aromatic carbocycles. The average molecular weight is 396 g/mol. The maximum Gasteiger partial charge on any atom is 0.251 e. The van der Waals surface area contributed by atoms with Gasteiger partial charge in [-0.1, -0.05) is 48.5 Å². The van der Waals surface area contributed by atoms with Crippen LogP contribution in [0.3, 0.4) is 0 Å². The van der Waals surface area contributed by atoms with Crippen LogP contribution in [0.1, 0.15) is 56.1 Å². The van der Waals surface area contributed by atoms with Gasteiger partial charge >= 0.3 is 0 Å². The summed E-state index contributed by atoms with van der Waals surface area (Å²) in [5, 5.41) is 6.01. The van der Waals surface area contributed by atoms with Crippen molar-refractivity contribution < 1.29 is 9.59 Å². The van der Waals surface area contributed by atoms with Gasteiger partial charge in [0.15, 0.2) is 0 Å². The number of carbonyl (C=O) groups excluding carboxylic acids is 2. The highest BCUT2D eigenvalue weighted by Gasteiger charge is 2.19. The van der Waals surface area contributed by atoms with Crippen molar-refractivity contribution in [1.29, 1.82) is 0 Å². The normalized spacial score (nSPS) is 12.2. The fraction of sp³-hybridized carbons (Fsp3) is 0.417. The number of hydrogen-bond donors (Lipinski definition) is 2. The maximum atomic E-state index is 12.6. The number of rotatable bonds is 10. The van der Waals surface area contributed by atoms with Gasteiger partial charge in [-0.3, -0.25) is 14.5 Å². The number of nitrogens with zero attached hydrogens (tertiary/aromatic N) is 1. The zero-order valence-electron chi connectivity index (χ0n) is 17.9. The molecular formula is C24H33N3O2. The molecule has 0 aliphatic heterocycles. The predicted octanol–water partition coefficient (Wildman–Crippen LogP) is 3.78. The molecule has 5 heteroatoms. The smallest absolute Gasteiger partial charge is 0.251 e. The first-order chi connectivity index (χ1) is 13.9. The van der Waals surface area contributed by atoms with Gasteiger partial charge in [-0.25, -0.2) is 0 Å². The second kappa shape index (κ2) is 11.4. The molecule has 29 heavy (non-hydrogen) atoms. The highest BCUT2D eigenvalue weighted by atomic mass is 16.2. The first-order valence-corrected chi connectivity index (χ1v) is 10.3. The number of hydrogen-bond acceptors (Lipinski definition) is 3. The van der Waals surface area contributed by atoms with Crippen LogP contribution < -0.4 is 10.6 Å². The van der Waals surface area contributed by atoms with Crippen LogP contribution in [0.25, 0.3) is 0 Å². The van der Waals surface area contributed by atoms with Gasteiger partial charge in [-0.05, 0) is 45.4 Å². The fourth-order valence-corrected chi connectivity index (χ4v) is 3.46. The largest absolute Gasteiger partial charge is 0.355 e. The SMILES string of the molecule is CC(C)N(CCNC(=O)CC(NC(=O)c1ccccc1)c1ccccc1)C(C)C. The summed E-state index contributed by atoms with van der Waals surface area (Å²) >= 11 is 0. The third-order valence-electron chi connectivity index (χ3n) is 4.95. The molecule has 0 saturated heterocycles. The minimum atomic E-state index is -0.379. The van der Waals surface area contributed by atoms with Gasteiger partial charge in [-0.2, -0.15) is 0 Å². The zero-order chi connectivity index (χ0) is 21.2. The Bertz CT molecular complexity index is 752. The molecular weight excluding hydrogens is 362 g/mol. The van der Waals surface area contributed by atoms with E-state index in [1.807, 2.05) is 48.5 Å². The highest BCUT2D eigenvalue weighted by molar-refractivity contribution is 5.94. The van der Waals surface area contributed by atoms with Gasteiger partial charge in [0.25, 0.3) is 5.91 Å². The predicted molar refractivity (Wildman–Crippen MR) is 118 cm³/mol. The van der Waals surface area contributed by atoms with E-state index >= 15 is 0 Å². The number of nitrogens with one attached hydrogen (secondary N) is 2. The van der Waals surface area contributed by atoms with Crippen LogP contribution in [0.15, 0.2) is 60.7 Å². The molecule has 1 atom stereocenters. The lowest BCUT2D eigenvalue weighted by Crippen LogP contribution is -2.43. The summed E-state index contributed by atoms with van der Waals surface area (Å²) in [4.78, 5) is 27.5. The topological polar surface area (TPSA) is 61.4 Å². The van der Waals surface area contributed by atoms with Gasteiger partial charge in [0.1, 0.15) is 0 Å². The molecule has 0 aromatic heterocycles. The molecule has 2 aromatic rings. The Kier molecular flexibility index (Phi) is 8.87. The molecule has 156 valence electrons. The fourth-order valence-electron chi connectivity index (χ4n) is 3.46. The summed E-state index contributed by atoms with van der Waals surface area (Å²) in [6, 6.07) is 19.2. The van der Waals surface area contributed by atoms with Crippen molar-refractivity contribution in [2.75, 3.05) is 13.1 Å².